The maximum atomic E-state index is 11.9. The molecule has 0 amide bonds. The maximum absolute atomic E-state index is 11.9. The smallest absolute Gasteiger partial charge is 0.185 e. The third kappa shape index (κ3) is 3.23. The van der Waals surface area contributed by atoms with E-state index in [0.29, 0.717) is 16.3 Å². The second-order valence-electron chi connectivity index (χ2n) is 3.96. The normalized spacial score (nSPS) is 11.1. The van der Waals surface area contributed by atoms with Gasteiger partial charge in [-0.05, 0) is 43.3 Å². The van der Waals surface area contributed by atoms with Crippen molar-refractivity contribution in [2.24, 2.45) is 0 Å². The first-order valence-corrected chi connectivity index (χ1v) is 6.22. The summed E-state index contributed by atoms with van der Waals surface area (Å²) in [5.74, 6) is -0.0348. The average molecular weight is 277 g/mol. The van der Waals surface area contributed by atoms with Crippen molar-refractivity contribution < 1.29 is 9.90 Å². The Balaban J connectivity index is 2.15. The molecule has 0 radical (unpaired) electrons. The fourth-order valence-electron chi connectivity index (χ4n) is 1.56. The van der Waals surface area contributed by atoms with Gasteiger partial charge in [-0.15, -0.1) is 0 Å². The van der Waals surface area contributed by atoms with Crippen LogP contribution in [0.5, 0.6) is 5.75 Å². The van der Waals surface area contributed by atoms with Gasteiger partial charge in [0.2, 0.25) is 0 Å². The minimum absolute atomic E-state index is 0.130. The molecular formula is C14H13ClN2O2. The van der Waals surface area contributed by atoms with E-state index < -0.39 is 0 Å². The first kappa shape index (κ1) is 13.4. The van der Waals surface area contributed by atoms with Crippen molar-refractivity contribution in [3.63, 3.8) is 0 Å². The molecule has 4 nitrogen and oxygen atoms in total. The molecule has 0 unspecified atom stereocenters. The van der Waals surface area contributed by atoms with E-state index in [1.54, 1.807) is 29.1 Å². The summed E-state index contributed by atoms with van der Waals surface area (Å²) in [6.07, 6.45) is 4.72. The number of rotatable bonds is 4. The Morgan fingerprint density at radius 2 is 2.11 bits per heavy atom. The fourth-order valence-corrected chi connectivity index (χ4v) is 1.78. The molecular weight excluding hydrogens is 264 g/mol. The Kier molecular flexibility index (Phi) is 4.02. The highest BCUT2D eigenvalue weighted by atomic mass is 35.5. The van der Waals surface area contributed by atoms with Crippen LogP contribution in [0, 0.1) is 0 Å². The Morgan fingerprint density at radius 1 is 1.42 bits per heavy atom. The van der Waals surface area contributed by atoms with Crippen LogP contribution >= 0.6 is 11.6 Å². The van der Waals surface area contributed by atoms with Crippen LogP contribution in [0.25, 0.3) is 6.08 Å². The molecule has 0 saturated carbocycles. The number of phenolic OH excluding ortho intramolecular Hbond substituents is 1. The van der Waals surface area contributed by atoms with Gasteiger partial charge in [-0.3, -0.25) is 9.48 Å². The summed E-state index contributed by atoms with van der Waals surface area (Å²) >= 11 is 6.00. The predicted molar refractivity (Wildman–Crippen MR) is 74.4 cm³/mol. The Labute approximate surface area is 115 Å². The van der Waals surface area contributed by atoms with Gasteiger partial charge in [0.25, 0.3) is 0 Å². The van der Waals surface area contributed by atoms with Gasteiger partial charge in [0.1, 0.15) is 11.4 Å². The highest BCUT2D eigenvalue weighted by Crippen LogP contribution is 2.16. The van der Waals surface area contributed by atoms with Crippen molar-refractivity contribution in [2.45, 2.75) is 13.5 Å². The van der Waals surface area contributed by atoms with Gasteiger partial charge < -0.3 is 5.11 Å². The van der Waals surface area contributed by atoms with Crippen LogP contribution in [0.15, 0.2) is 36.5 Å². The van der Waals surface area contributed by atoms with E-state index in [-0.39, 0.29) is 11.5 Å². The number of hydrogen-bond donors (Lipinski definition) is 1. The average Bonchev–Trinajstić information content (AvgIpc) is 2.77. The monoisotopic (exact) mass is 276 g/mol. The lowest BCUT2D eigenvalue weighted by atomic mass is 10.1. The first-order chi connectivity index (χ1) is 9.10. The summed E-state index contributed by atoms with van der Waals surface area (Å²) in [6.45, 7) is 2.68. The molecule has 1 N–H and O–H groups in total. The molecule has 19 heavy (non-hydrogen) atoms. The summed E-state index contributed by atoms with van der Waals surface area (Å²) in [6, 6.07) is 6.07. The summed E-state index contributed by atoms with van der Waals surface area (Å²) in [4.78, 5) is 11.9. The number of allylic oxidation sites excluding steroid dienone is 1. The summed E-state index contributed by atoms with van der Waals surface area (Å²) in [5.41, 5.74) is 1.07. The van der Waals surface area contributed by atoms with E-state index in [4.69, 9.17) is 16.7 Å². The highest BCUT2D eigenvalue weighted by molar-refractivity contribution is 6.31. The second kappa shape index (κ2) is 5.71. The van der Waals surface area contributed by atoms with E-state index in [1.807, 2.05) is 6.92 Å². The molecule has 1 aromatic carbocycles. The van der Waals surface area contributed by atoms with Crippen molar-refractivity contribution in [2.75, 3.05) is 0 Å². The number of nitrogens with zero attached hydrogens (tertiary/aromatic N) is 2. The van der Waals surface area contributed by atoms with Crippen LogP contribution in [0.4, 0.5) is 0 Å². The minimum atomic E-state index is -0.165. The van der Waals surface area contributed by atoms with Gasteiger partial charge in [-0.1, -0.05) is 11.6 Å². The molecule has 0 bridgehead atoms. The third-order valence-electron chi connectivity index (χ3n) is 2.61. The lowest BCUT2D eigenvalue weighted by molar-refractivity contribution is 0.104. The molecule has 1 heterocycles. The van der Waals surface area contributed by atoms with Crippen LogP contribution in [0.2, 0.25) is 5.02 Å². The number of halogens is 1. The molecule has 0 saturated heterocycles. The van der Waals surface area contributed by atoms with Gasteiger partial charge in [-0.2, -0.15) is 5.10 Å². The van der Waals surface area contributed by atoms with E-state index in [9.17, 15) is 4.79 Å². The number of aryl methyl sites for hydroxylation is 1. The molecule has 1 aromatic heterocycles. The number of phenols is 1. The fraction of sp³-hybridized carbons (Fsp3) is 0.143. The SMILES string of the molecule is CCn1cc(Cl)c(/C=C/C(=O)c2ccc(O)cc2)n1. The maximum Gasteiger partial charge on any atom is 0.185 e. The van der Waals surface area contributed by atoms with Gasteiger partial charge in [0, 0.05) is 18.3 Å². The van der Waals surface area contributed by atoms with E-state index in [2.05, 4.69) is 5.10 Å². The number of aromatic hydroxyl groups is 1. The molecule has 0 spiro atoms. The Morgan fingerprint density at radius 3 is 2.68 bits per heavy atom. The zero-order valence-corrected chi connectivity index (χ0v) is 11.1. The van der Waals surface area contributed by atoms with Crippen molar-refractivity contribution in [3.8, 4) is 5.75 Å². The summed E-state index contributed by atoms with van der Waals surface area (Å²) in [5, 5.41) is 13.9. The number of ketones is 1. The second-order valence-corrected chi connectivity index (χ2v) is 4.37. The van der Waals surface area contributed by atoms with Gasteiger partial charge in [0.05, 0.1) is 5.02 Å². The molecule has 2 rings (SSSR count). The molecule has 2 aromatic rings. The largest absolute Gasteiger partial charge is 0.508 e. The summed E-state index contributed by atoms with van der Waals surface area (Å²) in [7, 11) is 0. The first-order valence-electron chi connectivity index (χ1n) is 5.84. The quantitative estimate of drug-likeness (QED) is 0.689. The number of carbonyl (C=O) groups is 1. The number of aromatic nitrogens is 2. The molecule has 0 atom stereocenters. The summed E-state index contributed by atoms with van der Waals surface area (Å²) < 4.78 is 1.70. The van der Waals surface area contributed by atoms with Crippen molar-refractivity contribution in [1.29, 1.82) is 0 Å². The molecule has 0 fully saturated rings. The molecule has 98 valence electrons. The lowest BCUT2D eigenvalue weighted by Crippen LogP contribution is -1.95. The van der Waals surface area contributed by atoms with E-state index >= 15 is 0 Å². The topological polar surface area (TPSA) is 55.1 Å². The van der Waals surface area contributed by atoms with Crippen LogP contribution in [-0.4, -0.2) is 20.7 Å². The van der Waals surface area contributed by atoms with Crippen LogP contribution in [-0.2, 0) is 6.54 Å². The van der Waals surface area contributed by atoms with Gasteiger partial charge in [-0.25, -0.2) is 0 Å². The van der Waals surface area contributed by atoms with Crippen LogP contribution in [0.3, 0.4) is 0 Å². The van der Waals surface area contributed by atoms with Crippen LogP contribution < -0.4 is 0 Å². The molecule has 5 heteroatoms. The van der Waals surface area contributed by atoms with Gasteiger partial charge >= 0.3 is 0 Å². The van der Waals surface area contributed by atoms with Crippen molar-refractivity contribution >= 4 is 23.5 Å². The van der Waals surface area contributed by atoms with E-state index in [0.717, 1.165) is 6.54 Å². The Hall–Kier alpha value is -2.07. The van der Waals surface area contributed by atoms with Gasteiger partial charge in [0.15, 0.2) is 5.78 Å². The molecule has 0 aliphatic carbocycles. The molecule has 0 aliphatic heterocycles. The van der Waals surface area contributed by atoms with Crippen LogP contribution in [0.1, 0.15) is 23.0 Å². The minimum Gasteiger partial charge on any atom is -0.508 e. The number of hydrogen-bond acceptors (Lipinski definition) is 3. The lowest BCUT2D eigenvalue weighted by Gasteiger charge is -1.95. The molecule has 0 aliphatic rings. The van der Waals surface area contributed by atoms with Crippen molar-refractivity contribution in [3.05, 3.63) is 52.8 Å². The van der Waals surface area contributed by atoms with Crippen molar-refractivity contribution in [1.82, 2.24) is 9.78 Å². The Bertz CT molecular complexity index is 615. The third-order valence-corrected chi connectivity index (χ3v) is 2.90. The highest BCUT2D eigenvalue weighted by Gasteiger charge is 2.05. The van der Waals surface area contributed by atoms with E-state index in [1.165, 1.54) is 18.2 Å². The zero-order valence-electron chi connectivity index (χ0n) is 10.4. The number of carbonyl (C=O) groups excluding carboxylic acids is 1. The zero-order chi connectivity index (χ0) is 13.8. The standard InChI is InChI=1S/C14H13ClN2O2/c1-2-17-9-12(15)13(16-17)7-8-14(19)10-3-5-11(18)6-4-10/h3-9,18H,2H2,1H3/b8-7+. The predicted octanol–water partition coefficient (Wildman–Crippen LogP) is 3.16. The number of benzene rings is 1.